The fourth-order valence-electron chi connectivity index (χ4n) is 2.29. The maximum absolute atomic E-state index is 11.9. The van der Waals surface area contributed by atoms with Crippen LogP contribution in [0.3, 0.4) is 0 Å². The number of methoxy groups -OCH3 is 1. The molecule has 7 heteroatoms. The Labute approximate surface area is 146 Å². The third-order valence-corrected chi connectivity index (χ3v) is 3.44. The summed E-state index contributed by atoms with van der Waals surface area (Å²) in [6.45, 7) is 4.44. The first kappa shape index (κ1) is 18.4. The first-order valence-corrected chi connectivity index (χ1v) is 8.02. The molecule has 2 aromatic rings. The van der Waals surface area contributed by atoms with Crippen molar-refractivity contribution in [2.24, 2.45) is 0 Å². The van der Waals surface area contributed by atoms with Crippen molar-refractivity contribution in [1.82, 2.24) is 9.97 Å². The largest absolute Gasteiger partial charge is 0.465 e. The Morgan fingerprint density at radius 3 is 2.32 bits per heavy atom. The number of esters is 1. The molecule has 0 aliphatic heterocycles. The van der Waals surface area contributed by atoms with Crippen LogP contribution in [-0.2, 0) is 9.53 Å². The third kappa shape index (κ3) is 5.87. The average Bonchev–Trinajstić information content (AvgIpc) is 2.58. The first-order chi connectivity index (χ1) is 12.0. The lowest BCUT2D eigenvalue weighted by atomic mass is 10.2. The Balaban J connectivity index is 1.74. The van der Waals surface area contributed by atoms with E-state index in [4.69, 9.17) is 0 Å². The number of hydrogen-bond donors (Lipinski definition) is 2. The summed E-state index contributed by atoms with van der Waals surface area (Å²) in [5.74, 6) is 0.0859. The molecule has 25 heavy (non-hydrogen) atoms. The zero-order valence-corrected chi connectivity index (χ0v) is 14.6. The second-order valence-corrected chi connectivity index (χ2v) is 5.62. The van der Waals surface area contributed by atoms with E-state index >= 15 is 0 Å². The molecule has 0 aliphatic rings. The van der Waals surface area contributed by atoms with Gasteiger partial charge in [-0.3, -0.25) is 4.79 Å². The fourth-order valence-corrected chi connectivity index (χ4v) is 2.29. The van der Waals surface area contributed by atoms with Crippen molar-refractivity contribution < 1.29 is 14.3 Å². The highest BCUT2D eigenvalue weighted by molar-refractivity contribution is 5.93. The van der Waals surface area contributed by atoms with Crippen molar-refractivity contribution in [3.8, 4) is 0 Å². The lowest BCUT2D eigenvalue weighted by molar-refractivity contribution is -0.116. The van der Waals surface area contributed by atoms with Crippen LogP contribution in [0.4, 0.5) is 11.6 Å². The van der Waals surface area contributed by atoms with E-state index < -0.39 is 5.97 Å². The van der Waals surface area contributed by atoms with Gasteiger partial charge in [-0.25, -0.2) is 14.8 Å². The monoisotopic (exact) mass is 342 g/mol. The predicted octanol–water partition coefficient (Wildman–Crippen LogP) is 2.71. The van der Waals surface area contributed by atoms with Gasteiger partial charge in [0, 0.05) is 30.0 Å². The van der Waals surface area contributed by atoms with Crippen molar-refractivity contribution >= 4 is 23.5 Å². The zero-order chi connectivity index (χ0) is 18.2. The van der Waals surface area contributed by atoms with Crippen molar-refractivity contribution in [3.63, 3.8) is 0 Å². The molecule has 1 aromatic heterocycles. The number of ether oxygens (including phenoxy) is 1. The smallest absolute Gasteiger partial charge is 0.337 e. The molecule has 7 nitrogen and oxygen atoms in total. The second-order valence-electron chi connectivity index (χ2n) is 5.62. The quantitative estimate of drug-likeness (QED) is 0.593. The number of benzene rings is 1. The molecule has 132 valence electrons. The standard InChI is InChI=1S/C18H22N4O3/c1-12-11-13(2)21-18(20-12)19-10-4-5-16(23)22-15-8-6-14(7-9-15)17(24)25-3/h6-9,11H,4-5,10H2,1-3H3,(H,22,23)(H,19,20,21). The van der Waals surface area contributed by atoms with E-state index in [2.05, 4.69) is 25.3 Å². The number of nitrogens with zero attached hydrogens (tertiary/aromatic N) is 2. The molecular weight excluding hydrogens is 320 g/mol. The van der Waals surface area contributed by atoms with Crippen LogP contribution in [0, 0.1) is 13.8 Å². The van der Waals surface area contributed by atoms with E-state index in [9.17, 15) is 9.59 Å². The van der Waals surface area contributed by atoms with Crippen LogP contribution < -0.4 is 10.6 Å². The van der Waals surface area contributed by atoms with Gasteiger partial charge in [0.1, 0.15) is 0 Å². The average molecular weight is 342 g/mol. The first-order valence-electron chi connectivity index (χ1n) is 8.02. The second kappa shape index (κ2) is 8.77. The van der Waals surface area contributed by atoms with Gasteiger partial charge in [-0.2, -0.15) is 0 Å². The van der Waals surface area contributed by atoms with Crippen LogP contribution in [0.15, 0.2) is 30.3 Å². The van der Waals surface area contributed by atoms with Crippen LogP contribution in [0.1, 0.15) is 34.6 Å². The molecule has 0 bridgehead atoms. The fraction of sp³-hybridized carbons (Fsp3) is 0.333. The highest BCUT2D eigenvalue weighted by Gasteiger charge is 2.06. The lowest BCUT2D eigenvalue weighted by Gasteiger charge is -2.08. The number of anilines is 2. The minimum atomic E-state index is -0.405. The molecule has 2 N–H and O–H groups in total. The Morgan fingerprint density at radius 1 is 1.08 bits per heavy atom. The van der Waals surface area contributed by atoms with Crippen molar-refractivity contribution in [2.45, 2.75) is 26.7 Å². The Kier molecular flexibility index (Phi) is 6.45. The number of hydrogen-bond acceptors (Lipinski definition) is 6. The minimum absolute atomic E-state index is 0.0889. The molecule has 0 saturated heterocycles. The molecule has 0 radical (unpaired) electrons. The molecule has 0 saturated carbocycles. The van der Waals surface area contributed by atoms with E-state index in [1.54, 1.807) is 24.3 Å². The minimum Gasteiger partial charge on any atom is -0.465 e. The molecule has 1 aromatic carbocycles. The van der Waals surface area contributed by atoms with Crippen molar-refractivity contribution in [1.29, 1.82) is 0 Å². The molecular formula is C18H22N4O3. The van der Waals surface area contributed by atoms with E-state index in [1.807, 2.05) is 19.9 Å². The predicted molar refractivity (Wildman–Crippen MR) is 95.6 cm³/mol. The van der Waals surface area contributed by atoms with Gasteiger partial charge in [0.05, 0.1) is 12.7 Å². The Morgan fingerprint density at radius 2 is 1.72 bits per heavy atom. The van der Waals surface area contributed by atoms with Gasteiger partial charge >= 0.3 is 5.97 Å². The molecule has 0 spiro atoms. The topological polar surface area (TPSA) is 93.2 Å². The van der Waals surface area contributed by atoms with E-state index in [0.717, 1.165) is 11.4 Å². The maximum atomic E-state index is 11.9. The number of carbonyl (C=O) groups excluding carboxylic acids is 2. The van der Waals surface area contributed by atoms with Crippen LogP contribution in [0.5, 0.6) is 0 Å². The Bertz CT molecular complexity index is 724. The molecule has 0 fully saturated rings. The summed E-state index contributed by atoms with van der Waals surface area (Å²) in [6.07, 6.45) is 1.03. The Hall–Kier alpha value is -2.96. The van der Waals surface area contributed by atoms with Crippen LogP contribution >= 0.6 is 0 Å². The molecule has 1 amide bonds. The van der Waals surface area contributed by atoms with Crippen LogP contribution in [-0.4, -0.2) is 35.5 Å². The van der Waals surface area contributed by atoms with Crippen molar-refractivity contribution in [2.75, 3.05) is 24.3 Å². The molecule has 0 unspecified atom stereocenters. The summed E-state index contributed by atoms with van der Waals surface area (Å²) in [4.78, 5) is 31.9. The zero-order valence-electron chi connectivity index (χ0n) is 14.6. The number of rotatable bonds is 7. The number of amides is 1. The lowest BCUT2D eigenvalue weighted by Crippen LogP contribution is -2.14. The van der Waals surface area contributed by atoms with Crippen LogP contribution in [0.2, 0.25) is 0 Å². The summed E-state index contributed by atoms with van der Waals surface area (Å²) in [7, 11) is 1.33. The number of aromatic nitrogens is 2. The molecule has 1 heterocycles. The summed E-state index contributed by atoms with van der Waals surface area (Å²) in [6, 6.07) is 8.47. The summed E-state index contributed by atoms with van der Waals surface area (Å²) >= 11 is 0. The third-order valence-electron chi connectivity index (χ3n) is 3.44. The van der Waals surface area contributed by atoms with Crippen molar-refractivity contribution in [3.05, 3.63) is 47.3 Å². The van der Waals surface area contributed by atoms with Gasteiger partial charge < -0.3 is 15.4 Å². The van der Waals surface area contributed by atoms with Gasteiger partial charge in [0.25, 0.3) is 0 Å². The number of aryl methyl sites for hydroxylation is 2. The maximum Gasteiger partial charge on any atom is 0.337 e. The molecule has 0 atom stereocenters. The van der Waals surface area contributed by atoms with E-state index in [1.165, 1.54) is 7.11 Å². The van der Waals surface area contributed by atoms with E-state index in [0.29, 0.717) is 36.6 Å². The summed E-state index contributed by atoms with van der Waals surface area (Å²) in [5, 5.41) is 5.91. The molecule has 0 aliphatic carbocycles. The molecule has 2 rings (SSSR count). The normalized spacial score (nSPS) is 10.2. The summed E-state index contributed by atoms with van der Waals surface area (Å²) in [5.41, 5.74) is 2.90. The van der Waals surface area contributed by atoms with Gasteiger partial charge in [-0.15, -0.1) is 0 Å². The van der Waals surface area contributed by atoms with Crippen LogP contribution in [0.25, 0.3) is 0 Å². The number of carbonyl (C=O) groups is 2. The van der Waals surface area contributed by atoms with Gasteiger partial charge in [-0.05, 0) is 50.6 Å². The highest BCUT2D eigenvalue weighted by Crippen LogP contribution is 2.11. The van der Waals surface area contributed by atoms with Gasteiger partial charge in [0.15, 0.2) is 0 Å². The van der Waals surface area contributed by atoms with Gasteiger partial charge in [-0.1, -0.05) is 0 Å². The van der Waals surface area contributed by atoms with E-state index in [-0.39, 0.29) is 5.91 Å². The van der Waals surface area contributed by atoms with Gasteiger partial charge in [0.2, 0.25) is 11.9 Å². The highest BCUT2D eigenvalue weighted by atomic mass is 16.5. The summed E-state index contributed by atoms with van der Waals surface area (Å²) < 4.78 is 4.63. The number of nitrogens with one attached hydrogen (secondary N) is 2. The SMILES string of the molecule is COC(=O)c1ccc(NC(=O)CCCNc2nc(C)cc(C)n2)cc1.